The number of aliphatic carboxylic acids is 1. The van der Waals surface area contributed by atoms with Crippen LogP contribution in [0.3, 0.4) is 0 Å². The van der Waals surface area contributed by atoms with Gasteiger partial charge in [-0.1, -0.05) is 37.5 Å². The van der Waals surface area contributed by atoms with Gasteiger partial charge in [-0.25, -0.2) is 0 Å². The second kappa shape index (κ2) is 7.08. The minimum absolute atomic E-state index is 0.105. The van der Waals surface area contributed by atoms with Gasteiger partial charge < -0.3 is 5.11 Å². The van der Waals surface area contributed by atoms with E-state index < -0.39 is 11.9 Å². The molecule has 22 heavy (non-hydrogen) atoms. The lowest BCUT2D eigenvalue weighted by molar-refractivity contribution is -0.148. The van der Waals surface area contributed by atoms with Crippen LogP contribution in [-0.2, 0) is 22.4 Å². The molecule has 1 N–H and O–H groups in total. The summed E-state index contributed by atoms with van der Waals surface area (Å²) in [7, 11) is 0. The number of ketones is 1. The number of carboxylic acids is 1. The number of carbonyl (C=O) groups is 2. The Labute approximate surface area is 132 Å². The van der Waals surface area contributed by atoms with Gasteiger partial charge in [0, 0.05) is 12.3 Å². The Morgan fingerprint density at radius 2 is 1.77 bits per heavy atom. The minimum atomic E-state index is -0.811. The second-order valence-electron chi connectivity index (χ2n) is 6.55. The number of carbonyl (C=O) groups excluding carboxylic acids is 1. The Kier molecular flexibility index (Phi) is 5.38. The van der Waals surface area contributed by atoms with E-state index >= 15 is 0 Å². The van der Waals surface area contributed by atoms with Gasteiger partial charge in [-0.15, -0.1) is 0 Å². The second-order valence-corrected chi connectivity index (χ2v) is 6.55. The standard InChI is InChI=1S/C19H26O3/c1-4-14-10-12(2)9-13(3)17(14)11-18(20)15-7-5-6-8-16(15)19(21)22/h9-10,15-16H,4-8,11H2,1-3H3,(H,21,22)/t15-,16-/m0/s1. The first-order valence-corrected chi connectivity index (χ1v) is 8.28. The molecule has 1 aliphatic carbocycles. The molecule has 0 amide bonds. The Bertz CT molecular complexity index is 574. The van der Waals surface area contributed by atoms with E-state index in [-0.39, 0.29) is 11.7 Å². The first-order chi connectivity index (χ1) is 10.4. The molecule has 0 bridgehead atoms. The largest absolute Gasteiger partial charge is 0.481 e. The Morgan fingerprint density at radius 3 is 2.36 bits per heavy atom. The number of rotatable bonds is 5. The van der Waals surface area contributed by atoms with Crippen LogP contribution < -0.4 is 0 Å². The molecule has 0 aromatic heterocycles. The molecule has 0 aliphatic heterocycles. The molecule has 0 saturated heterocycles. The van der Waals surface area contributed by atoms with Crippen molar-refractivity contribution in [2.24, 2.45) is 11.8 Å². The maximum atomic E-state index is 12.7. The Balaban J connectivity index is 2.23. The fourth-order valence-corrected chi connectivity index (χ4v) is 3.77. The molecule has 3 heteroatoms. The summed E-state index contributed by atoms with van der Waals surface area (Å²) in [5.41, 5.74) is 4.68. The molecule has 3 nitrogen and oxygen atoms in total. The van der Waals surface area contributed by atoms with Crippen molar-refractivity contribution in [3.05, 3.63) is 34.4 Å². The third kappa shape index (κ3) is 3.57. The third-order valence-corrected chi connectivity index (χ3v) is 4.94. The summed E-state index contributed by atoms with van der Waals surface area (Å²) in [4.78, 5) is 24.1. The highest BCUT2D eigenvalue weighted by atomic mass is 16.4. The van der Waals surface area contributed by atoms with Gasteiger partial charge in [-0.2, -0.15) is 0 Å². The van der Waals surface area contributed by atoms with Crippen molar-refractivity contribution >= 4 is 11.8 Å². The molecule has 2 rings (SSSR count). The van der Waals surface area contributed by atoms with Gasteiger partial charge in [0.15, 0.2) is 0 Å². The van der Waals surface area contributed by atoms with Crippen LogP contribution in [0.1, 0.15) is 54.9 Å². The lowest BCUT2D eigenvalue weighted by Gasteiger charge is -2.28. The smallest absolute Gasteiger partial charge is 0.307 e. The van der Waals surface area contributed by atoms with Crippen molar-refractivity contribution in [2.45, 2.75) is 59.3 Å². The summed E-state index contributed by atoms with van der Waals surface area (Å²) in [5, 5.41) is 9.36. The molecule has 1 aromatic carbocycles. The van der Waals surface area contributed by atoms with E-state index in [0.717, 1.165) is 36.8 Å². The van der Waals surface area contributed by atoms with Crippen LogP contribution in [0.4, 0.5) is 0 Å². The normalized spacial score (nSPS) is 21.6. The van der Waals surface area contributed by atoms with Crippen LogP contribution in [0.2, 0.25) is 0 Å². The number of benzene rings is 1. The summed E-state index contributed by atoms with van der Waals surface area (Å²) < 4.78 is 0. The number of hydrogen-bond acceptors (Lipinski definition) is 2. The van der Waals surface area contributed by atoms with Gasteiger partial charge in [0.2, 0.25) is 0 Å². The maximum Gasteiger partial charge on any atom is 0.307 e. The number of hydrogen-bond donors (Lipinski definition) is 1. The summed E-state index contributed by atoms with van der Waals surface area (Å²) in [5.74, 6) is -1.50. The van der Waals surface area contributed by atoms with E-state index in [1.165, 1.54) is 11.1 Å². The van der Waals surface area contributed by atoms with Crippen LogP contribution in [0.25, 0.3) is 0 Å². The average Bonchev–Trinajstić information content (AvgIpc) is 2.49. The van der Waals surface area contributed by atoms with Crippen LogP contribution in [0.5, 0.6) is 0 Å². The monoisotopic (exact) mass is 302 g/mol. The molecule has 0 heterocycles. The van der Waals surface area contributed by atoms with Crippen LogP contribution in [0.15, 0.2) is 12.1 Å². The van der Waals surface area contributed by atoms with E-state index in [9.17, 15) is 14.7 Å². The Hall–Kier alpha value is -1.64. The van der Waals surface area contributed by atoms with Crippen molar-refractivity contribution in [1.29, 1.82) is 0 Å². The van der Waals surface area contributed by atoms with Crippen LogP contribution in [-0.4, -0.2) is 16.9 Å². The maximum absolute atomic E-state index is 12.7. The molecule has 1 fully saturated rings. The SMILES string of the molecule is CCc1cc(C)cc(C)c1CC(=O)[C@H]1CCCC[C@@H]1C(=O)O. The summed E-state index contributed by atoms with van der Waals surface area (Å²) in [6.07, 6.45) is 4.53. The predicted octanol–water partition coefficient (Wildman–Crippen LogP) is 3.87. The van der Waals surface area contributed by atoms with E-state index in [1.54, 1.807) is 0 Å². The zero-order chi connectivity index (χ0) is 16.3. The van der Waals surface area contributed by atoms with E-state index in [2.05, 4.69) is 26.0 Å². The molecule has 1 aliphatic rings. The fourth-order valence-electron chi connectivity index (χ4n) is 3.77. The summed E-state index contributed by atoms with van der Waals surface area (Å²) in [6.45, 7) is 6.21. The van der Waals surface area contributed by atoms with Crippen molar-refractivity contribution in [1.82, 2.24) is 0 Å². The highest BCUT2D eigenvalue weighted by Crippen LogP contribution is 2.32. The molecular formula is C19H26O3. The first kappa shape index (κ1) is 16.7. The zero-order valence-electron chi connectivity index (χ0n) is 13.8. The van der Waals surface area contributed by atoms with Crippen LogP contribution >= 0.6 is 0 Å². The first-order valence-electron chi connectivity index (χ1n) is 8.28. The highest BCUT2D eigenvalue weighted by Gasteiger charge is 2.35. The number of aryl methyl sites for hydroxylation is 3. The highest BCUT2D eigenvalue weighted by molar-refractivity contribution is 5.88. The Morgan fingerprint density at radius 1 is 1.14 bits per heavy atom. The summed E-state index contributed by atoms with van der Waals surface area (Å²) >= 11 is 0. The third-order valence-electron chi connectivity index (χ3n) is 4.94. The van der Waals surface area contributed by atoms with Gasteiger partial charge in [0.1, 0.15) is 5.78 Å². The molecular weight excluding hydrogens is 276 g/mol. The van der Waals surface area contributed by atoms with Crippen molar-refractivity contribution in [3.63, 3.8) is 0 Å². The molecule has 1 aromatic rings. The molecule has 0 spiro atoms. The van der Waals surface area contributed by atoms with Crippen molar-refractivity contribution in [3.8, 4) is 0 Å². The fraction of sp³-hybridized carbons (Fsp3) is 0.579. The van der Waals surface area contributed by atoms with Crippen molar-refractivity contribution < 1.29 is 14.7 Å². The zero-order valence-corrected chi connectivity index (χ0v) is 13.8. The van der Waals surface area contributed by atoms with Crippen molar-refractivity contribution in [2.75, 3.05) is 0 Å². The van der Waals surface area contributed by atoms with Gasteiger partial charge in [0.25, 0.3) is 0 Å². The lowest BCUT2D eigenvalue weighted by Crippen LogP contribution is -2.33. The van der Waals surface area contributed by atoms with Crippen LogP contribution in [0, 0.1) is 25.7 Å². The van der Waals surface area contributed by atoms with E-state index in [4.69, 9.17) is 0 Å². The quantitative estimate of drug-likeness (QED) is 0.898. The molecule has 120 valence electrons. The average molecular weight is 302 g/mol. The van der Waals surface area contributed by atoms with E-state index in [1.807, 2.05) is 6.92 Å². The summed E-state index contributed by atoms with van der Waals surface area (Å²) in [6, 6.07) is 4.25. The lowest BCUT2D eigenvalue weighted by atomic mass is 9.75. The predicted molar refractivity (Wildman–Crippen MR) is 87.1 cm³/mol. The van der Waals surface area contributed by atoms with E-state index in [0.29, 0.717) is 12.8 Å². The topological polar surface area (TPSA) is 54.4 Å². The number of carboxylic acid groups (broad SMARTS) is 1. The minimum Gasteiger partial charge on any atom is -0.481 e. The molecule has 0 unspecified atom stereocenters. The van der Waals surface area contributed by atoms with Gasteiger partial charge >= 0.3 is 5.97 Å². The molecule has 1 saturated carbocycles. The number of Topliss-reactive ketones (excluding diaryl/α,β-unsaturated/α-hetero) is 1. The van der Waals surface area contributed by atoms with Gasteiger partial charge in [-0.05, 0) is 49.8 Å². The molecule has 0 radical (unpaired) electrons. The van der Waals surface area contributed by atoms with Gasteiger partial charge in [-0.3, -0.25) is 9.59 Å². The molecule has 2 atom stereocenters. The van der Waals surface area contributed by atoms with Gasteiger partial charge in [0.05, 0.1) is 5.92 Å².